The summed E-state index contributed by atoms with van der Waals surface area (Å²) in [5.74, 6) is 2.06. The minimum absolute atomic E-state index is 0.0230. The summed E-state index contributed by atoms with van der Waals surface area (Å²) >= 11 is 0. The van der Waals surface area contributed by atoms with Crippen LogP contribution in [0, 0.1) is 68.0 Å². The van der Waals surface area contributed by atoms with Crippen LogP contribution in [-0.2, 0) is 14.6 Å². The second kappa shape index (κ2) is 15.9. The molecule has 7 aliphatic rings. The van der Waals surface area contributed by atoms with Crippen LogP contribution in [0.25, 0.3) is 0 Å². The third-order valence-corrected chi connectivity index (χ3v) is 21.7. The molecule has 0 bridgehead atoms. The second-order valence-corrected chi connectivity index (χ2v) is 25.4. The molecular formula is C52H75N3O6S. The number of hydrogen-bond acceptors (Lipinski definition) is 8. The SMILES string of the molecule is C=C(C)[C@@H]1CC[C@]2(NCC[C@]3(O)CC[C@@H](S(C)(=O)=O)CC3)CC[C@]3(C)[C@H](CC[C@@H]4[C@@]5(C)CC=C(C6=CC[C@](COc7ncccc7C#N)(C(=O)O)CC6)C(C)(C)[C@@H]5CC[C@]43C)[C@@H]12. The highest BCUT2D eigenvalue weighted by Crippen LogP contribution is 2.76. The number of carboxylic acids is 1. The predicted octanol–water partition coefficient (Wildman–Crippen LogP) is 10.2. The molecule has 9 nitrogen and oxygen atoms in total. The molecule has 10 heteroatoms. The molecule has 0 amide bonds. The largest absolute Gasteiger partial charge is 0.481 e. The topological polar surface area (TPSA) is 150 Å². The highest BCUT2D eigenvalue weighted by Gasteiger charge is 2.70. The number of carboxylic acid groups (broad SMARTS) is 1. The molecular weight excluding hydrogens is 795 g/mol. The van der Waals surface area contributed by atoms with Crippen molar-refractivity contribution in [3.63, 3.8) is 0 Å². The van der Waals surface area contributed by atoms with Crippen LogP contribution < -0.4 is 10.1 Å². The number of nitrogens with one attached hydrogen (secondary N) is 1. The molecule has 0 aliphatic heterocycles. The number of aliphatic hydroxyl groups is 1. The standard InChI is InChI=1S/C52H75N3O6S/c1-34(2)38-17-26-52(55-31-29-51(58)24-15-37(16-25-51)62(8,59)60)28-27-48(6)40(43(38)52)11-12-42-47(5)20-18-39(46(3,4)41(47)19-21-49(42,48)7)35-13-22-50(23-14-35,45(56)57)33-61-44-36(32-53)10-9-30-54-44/h9-10,13,18,30,37-38,40-43,55,58H,1,11-12,14-17,19-29,31,33H2,2-8H3,(H,56,57)/t37-,38-,40+,41-,42+,43+,47-,48+,49+,50-,51+,52-/m0/s1. The van der Waals surface area contributed by atoms with E-state index in [9.17, 15) is 28.7 Å². The van der Waals surface area contributed by atoms with Crippen LogP contribution in [-0.4, -0.2) is 65.4 Å². The number of nitrogens with zero attached hydrogens (tertiary/aromatic N) is 2. The highest BCUT2D eigenvalue weighted by atomic mass is 32.2. The number of hydrogen-bond donors (Lipinski definition) is 3. The quantitative estimate of drug-likeness (QED) is 0.185. The predicted molar refractivity (Wildman–Crippen MR) is 244 cm³/mol. The van der Waals surface area contributed by atoms with Crippen LogP contribution in [0.5, 0.6) is 5.88 Å². The number of carbonyl (C=O) groups is 1. The van der Waals surface area contributed by atoms with Crippen molar-refractivity contribution in [2.45, 2.75) is 167 Å². The first-order valence-corrected chi connectivity index (χ1v) is 26.0. The van der Waals surface area contributed by atoms with Crippen LogP contribution in [0.15, 0.2) is 53.8 Å². The van der Waals surface area contributed by atoms with Gasteiger partial charge in [0.25, 0.3) is 0 Å². The number of sulfone groups is 1. The summed E-state index contributed by atoms with van der Waals surface area (Å²) in [6, 6.07) is 5.42. The van der Waals surface area contributed by atoms with Gasteiger partial charge >= 0.3 is 5.97 Å². The Labute approximate surface area is 372 Å². The lowest BCUT2D eigenvalue weighted by Gasteiger charge is -2.72. The molecule has 0 aromatic carbocycles. The van der Waals surface area contributed by atoms with Crippen molar-refractivity contribution in [2.24, 2.45) is 56.7 Å². The van der Waals surface area contributed by atoms with E-state index in [1.54, 1.807) is 18.3 Å². The summed E-state index contributed by atoms with van der Waals surface area (Å²) in [7, 11) is -3.08. The first-order valence-electron chi connectivity index (χ1n) is 24.0. The first kappa shape index (κ1) is 45.6. The second-order valence-electron chi connectivity index (χ2n) is 23.1. The van der Waals surface area contributed by atoms with E-state index in [-0.39, 0.29) is 44.9 Å². The Balaban J connectivity index is 0.998. The maximum absolute atomic E-state index is 12.8. The molecule has 8 rings (SSSR count). The van der Waals surface area contributed by atoms with Gasteiger partial charge in [0.15, 0.2) is 0 Å². The van der Waals surface area contributed by atoms with Crippen LogP contribution >= 0.6 is 0 Å². The zero-order valence-corrected chi connectivity index (χ0v) is 39.6. The summed E-state index contributed by atoms with van der Waals surface area (Å²) in [5.41, 5.74) is 3.02. The van der Waals surface area contributed by atoms with Crippen molar-refractivity contribution in [1.82, 2.24) is 10.3 Å². The van der Waals surface area contributed by atoms with Gasteiger partial charge < -0.3 is 20.3 Å². The van der Waals surface area contributed by atoms with Crippen molar-refractivity contribution >= 4 is 15.8 Å². The Kier molecular flexibility index (Phi) is 11.7. The van der Waals surface area contributed by atoms with Gasteiger partial charge in [-0.15, -0.1) is 0 Å². The van der Waals surface area contributed by atoms with Gasteiger partial charge in [-0.1, -0.05) is 58.9 Å². The molecule has 0 saturated heterocycles. The van der Waals surface area contributed by atoms with E-state index in [1.165, 1.54) is 61.5 Å². The maximum atomic E-state index is 12.8. The third kappa shape index (κ3) is 7.25. The zero-order chi connectivity index (χ0) is 44.7. The summed E-state index contributed by atoms with van der Waals surface area (Å²) in [5, 5.41) is 35.5. The lowest BCUT2D eigenvalue weighted by atomic mass is 9.33. The number of ether oxygens (including phenoxy) is 1. The van der Waals surface area contributed by atoms with E-state index in [4.69, 9.17) is 4.74 Å². The van der Waals surface area contributed by atoms with Gasteiger partial charge in [0.2, 0.25) is 5.88 Å². The van der Waals surface area contributed by atoms with Crippen molar-refractivity contribution in [1.29, 1.82) is 5.26 Å². The fraction of sp³-hybridized carbons (Fsp3) is 0.750. The summed E-state index contributed by atoms with van der Waals surface area (Å²) in [4.78, 5) is 17.0. The smallest absolute Gasteiger partial charge is 0.313 e. The van der Waals surface area contributed by atoms with Crippen LogP contribution in [0.1, 0.15) is 156 Å². The normalized spacial score (nSPS) is 42.4. The minimum Gasteiger partial charge on any atom is -0.481 e. The van der Waals surface area contributed by atoms with E-state index < -0.39 is 26.8 Å². The molecule has 0 spiro atoms. The molecule has 0 unspecified atom stereocenters. The Morgan fingerprint density at radius 2 is 1.69 bits per heavy atom. The molecule has 3 N–H and O–H groups in total. The Hall–Kier alpha value is -3.00. The van der Waals surface area contributed by atoms with Gasteiger partial charge in [-0.2, -0.15) is 5.26 Å². The molecule has 62 heavy (non-hydrogen) atoms. The molecule has 1 aromatic heterocycles. The average molecular weight is 870 g/mol. The van der Waals surface area contributed by atoms with Crippen molar-refractivity contribution in [2.75, 3.05) is 19.4 Å². The van der Waals surface area contributed by atoms with Crippen LogP contribution in [0.2, 0.25) is 0 Å². The van der Waals surface area contributed by atoms with Gasteiger partial charge in [-0.05, 0) is 197 Å². The molecule has 7 aliphatic carbocycles. The first-order chi connectivity index (χ1) is 29.1. The van der Waals surface area contributed by atoms with Crippen molar-refractivity contribution in [3.05, 3.63) is 59.3 Å². The van der Waals surface area contributed by atoms with E-state index in [0.717, 1.165) is 25.8 Å². The van der Waals surface area contributed by atoms with Crippen molar-refractivity contribution < 1.29 is 28.2 Å². The number of aromatic nitrogens is 1. The number of rotatable bonds is 11. The molecule has 340 valence electrons. The molecule has 0 radical (unpaired) electrons. The molecule has 10 atom stereocenters. The Morgan fingerprint density at radius 3 is 2.34 bits per heavy atom. The van der Waals surface area contributed by atoms with Crippen LogP contribution in [0.3, 0.4) is 0 Å². The number of fused-ring (bicyclic) bond motifs is 7. The Morgan fingerprint density at radius 1 is 0.952 bits per heavy atom. The van der Waals surface area contributed by atoms with Gasteiger partial charge in [-0.25, -0.2) is 13.4 Å². The lowest BCUT2D eigenvalue weighted by Crippen LogP contribution is -2.68. The van der Waals surface area contributed by atoms with E-state index in [2.05, 4.69) is 76.6 Å². The summed E-state index contributed by atoms with van der Waals surface area (Å²) < 4.78 is 30.4. The fourth-order valence-corrected chi connectivity index (χ4v) is 17.4. The van der Waals surface area contributed by atoms with E-state index in [1.807, 2.05) is 0 Å². The fourth-order valence-electron chi connectivity index (χ4n) is 16.3. The molecule has 5 fully saturated rings. The summed E-state index contributed by atoms with van der Waals surface area (Å²) in [6.45, 7) is 20.5. The zero-order valence-electron chi connectivity index (χ0n) is 38.8. The van der Waals surface area contributed by atoms with Crippen molar-refractivity contribution in [3.8, 4) is 11.9 Å². The number of nitriles is 1. The monoisotopic (exact) mass is 870 g/mol. The highest BCUT2D eigenvalue weighted by molar-refractivity contribution is 7.91. The van der Waals surface area contributed by atoms with Gasteiger partial charge in [0.1, 0.15) is 33.5 Å². The number of aliphatic carboxylic acids is 1. The average Bonchev–Trinajstić information content (AvgIpc) is 3.60. The summed E-state index contributed by atoms with van der Waals surface area (Å²) in [6.07, 6.45) is 22.7. The van der Waals surface area contributed by atoms with Gasteiger partial charge in [-0.3, -0.25) is 4.79 Å². The van der Waals surface area contributed by atoms with E-state index in [0.29, 0.717) is 86.5 Å². The van der Waals surface area contributed by atoms with Gasteiger partial charge in [0.05, 0.1) is 10.9 Å². The number of pyridine rings is 1. The molecule has 5 saturated carbocycles. The third-order valence-electron chi connectivity index (χ3n) is 20.0. The maximum Gasteiger partial charge on any atom is 0.313 e. The molecule has 1 aromatic rings. The van der Waals surface area contributed by atoms with Crippen LogP contribution in [0.4, 0.5) is 0 Å². The lowest BCUT2D eigenvalue weighted by molar-refractivity contribution is -0.221. The Bertz CT molecular complexity index is 2170. The number of allylic oxidation sites excluding steroid dienone is 5. The minimum atomic E-state index is -3.08. The van der Waals surface area contributed by atoms with Gasteiger partial charge in [0, 0.05) is 18.0 Å². The molecule has 1 heterocycles. The van der Waals surface area contributed by atoms with E-state index >= 15 is 0 Å².